The van der Waals surface area contributed by atoms with E-state index in [1.165, 1.54) is 57.8 Å². The van der Waals surface area contributed by atoms with Crippen LogP contribution in [0.5, 0.6) is 17.2 Å². The summed E-state index contributed by atoms with van der Waals surface area (Å²) in [5, 5.41) is 0.918. The molecule has 0 saturated carbocycles. The number of benzene rings is 1. The number of aryl methyl sites for hydroxylation is 1. The van der Waals surface area contributed by atoms with Crippen molar-refractivity contribution in [2.75, 3.05) is 20.3 Å². The summed E-state index contributed by atoms with van der Waals surface area (Å²) in [6.07, 6.45) is 16.2. The topological polar surface area (TPSA) is 49.7 Å². The quantitative estimate of drug-likeness (QED) is 0.176. The molecule has 0 bridgehead atoms. The van der Waals surface area contributed by atoms with E-state index in [-0.39, 0.29) is 5.56 Å². The number of unbranched alkanes of at least 4 members (excludes halogenated alkanes) is 11. The van der Waals surface area contributed by atoms with Gasteiger partial charge in [0, 0.05) is 18.0 Å². The maximum absolute atomic E-state index is 13.5. The molecule has 1 heterocycles. The molecule has 2 rings (SSSR count). The van der Waals surface area contributed by atoms with Crippen LogP contribution in [-0.4, -0.2) is 24.9 Å². The van der Waals surface area contributed by atoms with Crippen molar-refractivity contribution in [3.8, 4) is 17.2 Å². The molecular formula is C30H49NO4. The van der Waals surface area contributed by atoms with Gasteiger partial charge in [-0.1, -0.05) is 91.4 Å². The zero-order chi connectivity index (χ0) is 25.3. The normalized spacial score (nSPS) is 11.2. The highest BCUT2D eigenvalue weighted by atomic mass is 16.5. The van der Waals surface area contributed by atoms with Crippen LogP contribution >= 0.6 is 0 Å². The maximum atomic E-state index is 13.5. The number of methoxy groups -OCH3 is 1. The molecule has 0 saturated heterocycles. The molecule has 0 spiro atoms. The van der Waals surface area contributed by atoms with Gasteiger partial charge >= 0.3 is 0 Å². The van der Waals surface area contributed by atoms with Crippen molar-refractivity contribution in [3.63, 3.8) is 0 Å². The number of ether oxygens (including phenoxy) is 3. The van der Waals surface area contributed by atoms with Gasteiger partial charge in [-0.25, -0.2) is 0 Å². The smallest absolute Gasteiger partial charge is 0.297 e. The minimum atomic E-state index is -0.114. The van der Waals surface area contributed by atoms with Crippen molar-refractivity contribution < 1.29 is 14.2 Å². The van der Waals surface area contributed by atoms with Gasteiger partial charge in [-0.2, -0.15) is 0 Å². The van der Waals surface area contributed by atoms with Crippen LogP contribution in [0, 0.1) is 0 Å². The minimum absolute atomic E-state index is 0.114. The van der Waals surface area contributed by atoms with Crippen molar-refractivity contribution in [1.82, 2.24) is 4.57 Å². The molecule has 0 aliphatic carbocycles. The highest BCUT2D eigenvalue weighted by Crippen LogP contribution is 2.35. The van der Waals surface area contributed by atoms with Crippen molar-refractivity contribution in [3.05, 3.63) is 28.6 Å². The number of hydrogen-bond acceptors (Lipinski definition) is 4. The van der Waals surface area contributed by atoms with Gasteiger partial charge in [-0.15, -0.1) is 0 Å². The summed E-state index contributed by atoms with van der Waals surface area (Å²) in [6, 6.07) is 6.03. The summed E-state index contributed by atoms with van der Waals surface area (Å²) in [6.45, 7) is 8.60. The van der Waals surface area contributed by atoms with Crippen LogP contribution in [-0.2, 0) is 6.54 Å². The zero-order valence-electron chi connectivity index (χ0n) is 22.8. The highest BCUT2D eigenvalue weighted by Gasteiger charge is 2.19. The zero-order valence-corrected chi connectivity index (χ0v) is 22.8. The molecule has 0 atom stereocenters. The summed E-state index contributed by atoms with van der Waals surface area (Å²) >= 11 is 0. The van der Waals surface area contributed by atoms with E-state index in [4.69, 9.17) is 14.2 Å². The average Bonchev–Trinajstić information content (AvgIpc) is 2.87. The molecule has 1 aromatic carbocycles. The number of rotatable bonds is 20. The monoisotopic (exact) mass is 487 g/mol. The second-order valence-electron chi connectivity index (χ2n) is 9.58. The van der Waals surface area contributed by atoms with Crippen molar-refractivity contribution in [2.45, 2.75) is 117 Å². The third-order valence-corrected chi connectivity index (χ3v) is 6.60. The fourth-order valence-electron chi connectivity index (χ4n) is 4.49. The van der Waals surface area contributed by atoms with Gasteiger partial charge in [-0.05, 0) is 31.4 Å². The van der Waals surface area contributed by atoms with E-state index in [1.54, 1.807) is 7.11 Å². The Morgan fingerprint density at radius 2 is 1.26 bits per heavy atom. The third-order valence-electron chi connectivity index (χ3n) is 6.60. The predicted octanol–water partition coefficient (Wildman–Crippen LogP) is 8.29. The van der Waals surface area contributed by atoms with Crippen LogP contribution in [0.2, 0.25) is 0 Å². The van der Waals surface area contributed by atoms with E-state index in [0.29, 0.717) is 31.3 Å². The van der Waals surface area contributed by atoms with Gasteiger partial charge in [0.15, 0.2) is 5.75 Å². The molecule has 0 N–H and O–H groups in total. The standard InChI is InChI=1S/C30H49NO4/c1-5-8-11-14-15-16-21-31-27-24-25(34-22-17-12-9-6-2)19-20-26(27)28(29(33-4)30(31)32)35-23-18-13-10-7-3/h19-20,24H,5-18,21-23H2,1-4H3. The van der Waals surface area contributed by atoms with E-state index in [9.17, 15) is 4.79 Å². The maximum Gasteiger partial charge on any atom is 0.297 e. The Kier molecular flexibility index (Phi) is 14.4. The number of nitrogens with zero attached hydrogens (tertiary/aromatic N) is 1. The highest BCUT2D eigenvalue weighted by molar-refractivity contribution is 5.89. The summed E-state index contributed by atoms with van der Waals surface area (Å²) < 4.78 is 19.7. The molecule has 2 aromatic rings. The summed E-state index contributed by atoms with van der Waals surface area (Å²) in [5.41, 5.74) is 0.760. The first-order valence-corrected chi connectivity index (χ1v) is 14.2. The van der Waals surface area contributed by atoms with Crippen molar-refractivity contribution >= 4 is 10.9 Å². The van der Waals surface area contributed by atoms with Crippen LogP contribution < -0.4 is 19.8 Å². The lowest BCUT2D eigenvalue weighted by atomic mass is 10.1. The molecule has 0 fully saturated rings. The summed E-state index contributed by atoms with van der Waals surface area (Å²) in [5.74, 6) is 1.69. The Morgan fingerprint density at radius 1 is 0.686 bits per heavy atom. The molecule has 1 aromatic heterocycles. The Bertz CT molecular complexity index is 905. The molecule has 0 aliphatic heterocycles. The Hall–Kier alpha value is -2.17. The minimum Gasteiger partial charge on any atom is -0.494 e. The van der Waals surface area contributed by atoms with Crippen LogP contribution in [0.15, 0.2) is 23.0 Å². The second kappa shape index (κ2) is 17.3. The molecule has 35 heavy (non-hydrogen) atoms. The van der Waals surface area contributed by atoms with Crippen LogP contribution in [0.3, 0.4) is 0 Å². The van der Waals surface area contributed by atoms with Gasteiger partial charge in [-0.3, -0.25) is 4.79 Å². The van der Waals surface area contributed by atoms with E-state index in [1.807, 2.05) is 22.8 Å². The molecule has 5 nitrogen and oxygen atoms in total. The molecule has 0 radical (unpaired) electrons. The number of hydrogen-bond donors (Lipinski definition) is 0. The Balaban J connectivity index is 2.30. The molecule has 5 heteroatoms. The van der Waals surface area contributed by atoms with Crippen LogP contribution in [0.25, 0.3) is 10.9 Å². The Morgan fingerprint density at radius 3 is 1.89 bits per heavy atom. The van der Waals surface area contributed by atoms with E-state index >= 15 is 0 Å². The lowest BCUT2D eigenvalue weighted by Gasteiger charge is -2.18. The number of aromatic nitrogens is 1. The van der Waals surface area contributed by atoms with E-state index in [2.05, 4.69) is 20.8 Å². The van der Waals surface area contributed by atoms with E-state index < -0.39 is 0 Å². The van der Waals surface area contributed by atoms with Crippen LogP contribution in [0.4, 0.5) is 0 Å². The van der Waals surface area contributed by atoms with Gasteiger partial charge in [0.05, 0.1) is 25.8 Å². The Labute approximate surface area is 213 Å². The predicted molar refractivity (Wildman–Crippen MR) is 147 cm³/mol. The number of fused-ring (bicyclic) bond motifs is 1. The summed E-state index contributed by atoms with van der Waals surface area (Å²) in [7, 11) is 1.56. The first-order chi connectivity index (χ1) is 17.2. The first-order valence-electron chi connectivity index (χ1n) is 14.2. The van der Waals surface area contributed by atoms with Crippen LogP contribution in [0.1, 0.15) is 111 Å². The number of pyridine rings is 1. The molecule has 198 valence electrons. The SMILES string of the molecule is CCCCCCCCn1c(=O)c(OC)c(OCCCCCC)c2ccc(OCCCCCC)cc21. The molecule has 0 aliphatic rings. The van der Waals surface area contributed by atoms with Gasteiger partial charge in [0.1, 0.15) is 5.75 Å². The van der Waals surface area contributed by atoms with Gasteiger partial charge in [0.2, 0.25) is 5.75 Å². The van der Waals surface area contributed by atoms with E-state index in [0.717, 1.165) is 48.8 Å². The lowest BCUT2D eigenvalue weighted by molar-refractivity contribution is 0.285. The summed E-state index contributed by atoms with van der Waals surface area (Å²) in [4.78, 5) is 13.5. The first kappa shape index (κ1) is 29.1. The van der Waals surface area contributed by atoms with Gasteiger partial charge in [0.25, 0.3) is 5.56 Å². The fraction of sp³-hybridized carbons (Fsp3) is 0.700. The molecule has 0 amide bonds. The molecular weight excluding hydrogens is 438 g/mol. The fourth-order valence-corrected chi connectivity index (χ4v) is 4.49. The third kappa shape index (κ3) is 9.42. The average molecular weight is 488 g/mol. The lowest BCUT2D eigenvalue weighted by Crippen LogP contribution is -2.23. The van der Waals surface area contributed by atoms with Crippen molar-refractivity contribution in [1.29, 1.82) is 0 Å². The van der Waals surface area contributed by atoms with Gasteiger partial charge < -0.3 is 18.8 Å². The van der Waals surface area contributed by atoms with Crippen molar-refractivity contribution in [2.24, 2.45) is 0 Å². The second-order valence-corrected chi connectivity index (χ2v) is 9.58. The molecule has 0 unspecified atom stereocenters. The largest absolute Gasteiger partial charge is 0.494 e.